The number of halogens is 4. The third-order valence-corrected chi connectivity index (χ3v) is 4.46. The number of hydrogen-bond donors (Lipinski definition) is 0. The van der Waals surface area contributed by atoms with Crippen LogP contribution in [-0.2, 0) is 0 Å². The second kappa shape index (κ2) is 7.37. The molecular weight excluding hydrogens is 369 g/mol. The minimum absolute atomic E-state index is 0.163. The fourth-order valence-corrected chi connectivity index (χ4v) is 2.88. The zero-order chi connectivity index (χ0) is 18.8. The topological polar surface area (TPSA) is 40.6 Å². The minimum atomic E-state index is -1.67. The van der Waals surface area contributed by atoms with Gasteiger partial charge in [0.2, 0.25) is 0 Å². The highest BCUT2D eigenvalue weighted by Gasteiger charge is 2.28. The van der Waals surface area contributed by atoms with Crippen LogP contribution in [0.3, 0.4) is 0 Å². The zero-order valence-corrected chi connectivity index (χ0v) is 14.3. The van der Waals surface area contributed by atoms with Crippen LogP contribution in [0.15, 0.2) is 36.4 Å². The van der Waals surface area contributed by atoms with Crippen molar-refractivity contribution in [1.82, 2.24) is 9.80 Å². The Morgan fingerprint density at radius 2 is 1.31 bits per heavy atom. The van der Waals surface area contributed by atoms with Crippen molar-refractivity contribution in [1.29, 1.82) is 0 Å². The molecule has 136 valence electrons. The summed E-state index contributed by atoms with van der Waals surface area (Å²) in [5, 5.41) is 0.519. The van der Waals surface area contributed by atoms with Crippen LogP contribution in [-0.4, -0.2) is 47.8 Å². The molecule has 8 heteroatoms. The Labute approximate surface area is 152 Å². The normalized spacial score (nSPS) is 14.5. The first-order chi connectivity index (χ1) is 12.4. The first-order valence-electron chi connectivity index (χ1n) is 7.86. The highest BCUT2D eigenvalue weighted by Crippen LogP contribution is 2.19. The van der Waals surface area contributed by atoms with Crippen molar-refractivity contribution < 1.29 is 22.8 Å². The van der Waals surface area contributed by atoms with Crippen molar-refractivity contribution in [3.05, 3.63) is 70.0 Å². The second-order valence-corrected chi connectivity index (χ2v) is 6.25. The first-order valence-corrected chi connectivity index (χ1v) is 8.24. The Morgan fingerprint density at radius 3 is 1.88 bits per heavy atom. The number of hydrogen-bond acceptors (Lipinski definition) is 2. The van der Waals surface area contributed by atoms with E-state index >= 15 is 0 Å². The summed E-state index contributed by atoms with van der Waals surface area (Å²) in [5.41, 5.74) is -0.0535. The molecule has 0 spiro atoms. The third-order valence-electron chi connectivity index (χ3n) is 4.21. The van der Waals surface area contributed by atoms with Crippen molar-refractivity contribution in [2.45, 2.75) is 0 Å². The number of rotatable bonds is 2. The standard InChI is InChI=1S/C18H14ClF3N2O2/c19-12-3-1-11(2-4-12)17(25)23-7-9-24(10-8-23)18(26)13-5-6-14(20)16(22)15(13)21/h1-6H,7-10H2. The van der Waals surface area contributed by atoms with Crippen LogP contribution in [0.2, 0.25) is 5.02 Å². The monoisotopic (exact) mass is 382 g/mol. The maximum Gasteiger partial charge on any atom is 0.257 e. The highest BCUT2D eigenvalue weighted by molar-refractivity contribution is 6.30. The maximum absolute atomic E-state index is 13.8. The first kappa shape index (κ1) is 18.3. The fourth-order valence-electron chi connectivity index (χ4n) is 2.75. The average Bonchev–Trinajstić information content (AvgIpc) is 2.66. The van der Waals surface area contributed by atoms with Crippen molar-refractivity contribution in [2.24, 2.45) is 0 Å². The molecule has 2 aromatic carbocycles. The molecule has 26 heavy (non-hydrogen) atoms. The number of carbonyl (C=O) groups is 2. The van der Waals surface area contributed by atoms with E-state index in [0.29, 0.717) is 16.7 Å². The van der Waals surface area contributed by atoms with E-state index in [4.69, 9.17) is 11.6 Å². The van der Waals surface area contributed by atoms with Crippen LogP contribution in [0, 0.1) is 17.5 Å². The van der Waals surface area contributed by atoms with Crippen LogP contribution in [0.1, 0.15) is 20.7 Å². The lowest BCUT2D eigenvalue weighted by molar-refractivity contribution is 0.0532. The molecule has 1 aliphatic rings. The molecule has 0 saturated carbocycles. The van der Waals surface area contributed by atoms with Crippen LogP contribution in [0.4, 0.5) is 13.2 Å². The number of nitrogens with zero attached hydrogens (tertiary/aromatic N) is 2. The molecule has 0 unspecified atom stereocenters. The summed E-state index contributed by atoms with van der Waals surface area (Å²) in [4.78, 5) is 27.6. The van der Waals surface area contributed by atoms with Gasteiger partial charge in [-0.15, -0.1) is 0 Å². The molecule has 1 saturated heterocycles. The molecule has 4 nitrogen and oxygen atoms in total. The molecule has 1 aliphatic heterocycles. The lowest BCUT2D eigenvalue weighted by atomic mass is 10.1. The van der Waals surface area contributed by atoms with Gasteiger partial charge in [-0.2, -0.15) is 0 Å². The molecule has 1 heterocycles. The smallest absolute Gasteiger partial charge is 0.257 e. The van der Waals surface area contributed by atoms with Gasteiger partial charge in [0.15, 0.2) is 17.5 Å². The Kier molecular flexibility index (Phi) is 5.18. The fraction of sp³-hybridized carbons (Fsp3) is 0.222. The Bertz CT molecular complexity index is 850. The van der Waals surface area contributed by atoms with E-state index in [1.165, 1.54) is 4.90 Å². The van der Waals surface area contributed by atoms with E-state index in [9.17, 15) is 22.8 Å². The Balaban J connectivity index is 1.67. The van der Waals surface area contributed by atoms with Crippen molar-refractivity contribution in [2.75, 3.05) is 26.2 Å². The molecule has 0 radical (unpaired) electrons. The summed E-state index contributed by atoms with van der Waals surface area (Å²) in [6.07, 6.45) is 0. The van der Waals surface area contributed by atoms with E-state index in [1.54, 1.807) is 29.2 Å². The molecule has 2 aromatic rings. The van der Waals surface area contributed by atoms with E-state index in [0.717, 1.165) is 6.07 Å². The van der Waals surface area contributed by atoms with Crippen LogP contribution >= 0.6 is 11.6 Å². The van der Waals surface area contributed by atoms with Gasteiger partial charge < -0.3 is 9.80 Å². The van der Waals surface area contributed by atoms with Gasteiger partial charge in [0.05, 0.1) is 5.56 Å². The Hall–Kier alpha value is -2.54. The van der Waals surface area contributed by atoms with Crippen LogP contribution < -0.4 is 0 Å². The number of benzene rings is 2. The zero-order valence-electron chi connectivity index (χ0n) is 13.5. The lowest BCUT2D eigenvalue weighted by Gasteiger charge is -2.35. The largest absolute Gasteiger partial charge is 0.335 e. The van der Waals surface area contributed by atoms with Gasteiger partial charge in [0.1, 0.15) is 0 Å². The highest BCUT2D eigenvalue weighted by atomic mass is 35.5. The second-order valence-electron chi connectivity index (χ2n) is 5.81. The molecule has 0 N–H and O–H groups in total. The van der Waals surface area contributed by atoms with E-state index < -0.39 is 28.9 Å². The van der Waals surface area contributed by atoms with Gasteiger partial charge in [-0.1, -0.05) is 11.6 Å². The third kappa shape index (κ3) is 3.53. The summed E-state index contributed by atoms with van der Waals surface area (Å²) < 4.78 is 40.1. The predicted molar refractivity (Wildman–Crippen MR) is 89.6 cm³/mol. The van der Waals surface area contributed by atoms with Crippen molar-refractivity contribution >= 4 is 23.4 Å². The van der Waals surface area contributed by atoms with Gasteiger partial charge >= 0.3 is 0 Å². The maximum atomic E-state index is 13.8. The molecule has 0 aromatic heterocycles. The van der Waals surface area contributed by atoms with E-state index in [1.807, 2.05) is 0 Å². The van der Waals surface area contributed by atoms with Gasteiger partial charge in [-0.05, 0) is 36.4 Å². The molecule has 0 bridgehead atoms. The quantitative estimate of drug-likeness (QED) is 0.747. The molecule has 0 atom stereocenters. The van der Waals surface area contributed by atoms with Gasteiger partial charge in [0.25, 0.3) is 11.8 Å². The molecule has 3 rings (SSSR count). The van der Waals surface area contributed by atoms with Gasteiger partial charge in [0, 0.05) is 36.8 Å². The summed E-state index contributed by atoms with van der Waals surface area (Å²) in [6.45, 7) is 0.824. The molecular formula is C18H14ClF3N2O2. The van der Waals surface area contributed by atoms with E-state index in [-0.39, 0.29) is 32.1 Å². The number of carbonyl (C=O) groups excluding carboxylic acids is 2. The summed E-state index contributed by atoms with van der Waals surface area (Å²) >= 11 is 5.80. The van der Waals surface area contributed by atoms with E-state index in [2.05, 4.69) is 0 Å². The van der Waals surface area contributed by atoms with Gasteiger partial charge in [-0.25, -0.2) is 13.2 Å². The van der Waals surface area contributed by atoms with Crippen molar-refractivity contribution in [3.8, 4) is 0 Å². The van der Waals surface area contributed by atoms with Crippen LogP contribution in [0.25, 0.3) is 0 Å². The molecule has 2 amide bonds. The Morgan fingerprint density at radius 1 is 0.769 bits per heavy atom. The van der Waals surface area contributed by atoms with Gasteiger partial charge in [-0.3, -0.25) is 9.59 Å². The predicted octanol–water partition coefficient (Wildman–Crippen LogP) is 3.36. The van der Waals surface area contributed by atoms with Crippen molar-refractivity contribution in [3.63, 3.8) is 0 Å². The lowest BCUT2D eigenvalue weighted by Crippen LogP contribution is -2.50. The number of piperazine rings is 1. The average molecular weight is 383 g/mol. The summed E-state index contributed by atoms with van der Waals surface area (Å²) in [6, 6.07) is 8.08. The number of amides is 2. The SMILES string of the molecule is O=C(c1ccc(Cl)cc1)N1CCN(C(=O)c2ccc(F)c(F)c2F)CC1. The molecule has 0 aliphatic carbocycles. The summed E-state index contributed by atoms with van der Waals surface area (Å²) in [5.74, 6) is -5.47. The molecule has 1 fully saturated rings. The van der Waals surface area contributed by atoms with Crippen LogP contribution in [0.5, 0.6) is 0 Å². The minimum Gasteiger partial charge on any atom is -0.335 e. The summed E-state index contributed by atoms with van der Waals surface area (Å²) in [7, 11) is 0.